The Morgan fingerprint density at radius 2 is 2.35 bits per heavy atom. The van der Waals surface area contributed by atoms with E-state index in [1.807, 2.05) is 12.1 Å². The van der Waals surface area contributed by atoms with E-state index < -0.39 is 6.09 Å². The van der Waals surface area contributed by atoms with Crippen LogP contribution in [0.4, 0.5) is 4.79 Å². The molecule has 0 saturated carbocycles. The summed E-state index contributed by atoms with van der Waals surface area (Å²) in [6.07, 6.45) is -0.541. The van der Waals surface area contributed by atoms with Gasteiger partial charge in [0.25, 0.3) is 0 Å². The summed E-state index contributed by atoms with van der Waals surface area (Å²) in [4.78, 5) is 13.1. The molecule has 1 aromatic heterocycles. The zero-order chi connectivity index (χ0) is 12.7. The number of nitrogens with one attached hydrogen (secondary N) is 1. The molecule has 0 aliphatic rings. The molecule has 1 aromatic rings. The van der Waals surface area contributed by atoms with Crippen molar-refractivity contribution in [2.45, 2.75) is 26.5 Å². The van der Waals surface area contributed by atoms with Crippen molar-refractivity contribution >= 4 is 17.4 Å². The second kappa shape index (κ2) is 6.94. The van der Waals surface area contributed by atoms with E-state index in [1.165, 1.54) is 11.3 Å². The summed E-state index contributed by atoms with van der Waals surface area (Å²) in [6, 6.07) is 3.75. The van der Waals surface area contributed by atoms with Gasteiger partial charge in [0.05, 0.1) is 17.5 Å². The summed E-state index contributed by atoms with van der Waals surface area (Å²) in [5.74, 6) is 5.38. The molecular weight excluding hydrogens is 238 g/mol. The highest BCUT2D eigenvalue weighted by molar-refractivity contribution is 7.12. The zero-order valence-electron chi connectivity index (χ0n) is 9.82. The van der Waals surface area contributed by atoms with Crippen LogP contribution in [0.5, 0.6) is 0 Å². The van der Waals surface area contributed by atoms with Gasteiger partial charge in [0.15, 0.2) is 0 Å². The maximum atomic E-state index is 11.2. The average molecular weight is 253 g/mol. The van der Waals surface area contributed by atoms with Crippen molar-refractivity contribution in [2.24, 2.45) is 0 Å². The topological polar surface area (TPSA) is 58.6 Å². The summed E-state index contributed by atoms with van der Waals surface area (Å²) in [5.41, 5.74) is 0. The Morgan fingerprint density at radius 3 is 3.00 bits per heavy atom. The minimum absolute atomic E-state index is 0.121. The molecule has 1 rings (SSSR count). The van der Waals surface area contributed by atoms with Gasteiger partial charge in [0.1, 0.15) is 6.61 Å². The van der Waals surface area contributed by atoms with Gasteiger partial charge in [-0.25, -0.2) is 4.79 Å². The van der Waals surface area contributed by atoms with Crippen LogP contribution in [0.2, 0.25) is 0 Å². The first-order valence-electron chi connectivity index (χ1n) is 5.24. The molecule has 1 amide bonds. The number of aliphatic hydroxyl groups excluding tert-OH is 1. The van der Waals surface area contributed by atoms with Crippen molar-refractivity contribution in [1.29, 1.82) is 0 Å². The summed E-state index contributed by atoms with van der Waals surface area (Å²) < 4.78 is 4.94. The minimum Gasteiger partial charge on any atom is -0.447 e. The van der Waals surface area contributed by atoms with Gasteiger partial charge >= 0.3 is 6.09 Å². The molecule has 0 atom stereocenters. The smallest absolute Gasteiger partial charge is 0.407 e. The van der Waals surface area contributed by atoms with Crippen molar-refractivity contribution in [3.05, 3.63) is 21.9 Å². The minimum atomic E-state index is -0.420. The zero-order valence-corrected chi connectivity index (χ0v) is 10.6. The van der Waals surface area contributed by atoms with E-state index in [0.29, 0.717) is 6.54 Å². The summed E-state index contributed by atoms with van der Waals surface area (Å²) >= 11 is 1.48. The number of amides is 1. The second-order valence-electron chi connectivity index (χ2n) is 3.53. The largest absolute Gasteiger partial charge is 0.447 e. The first-order valence-corrected chi connectivity index (χ1v) is 6.06. The van der Waals surface area contributed by atoms with Crippen molar-refractivity contribution in [3.63, 3.8) is 0 Å². The highest BCUT2D eigenvalue weighted by Gasteiger charge is 2.05. The lowest BCUT2D eigenvalue weighted by Crippen LogP contribution is -2.25. The van der Waals surface area contributed by atoms with E-state index >= 15 is 0 Å². The van der Waals surface area contributed by atoms with Crippen LogP contribution in [0, 0.1) is 11.8 Å². The van der Waals surface area contributed by atoms with Crippen molar-refractivity contribution in [2.75, 3.05) is 6.61 Å². The van der Waals surface area contributed by atoms with Crippen LogP contribution in [0.15, 0.2) is 12.1 Å². The van der Waals surface area contributed by atoms with Gasteiger partial charge in [0.2, 0.25) is 0 Å². The average Bonchev–Trinajstić information content (AvgIpc) is 2.70. The molecule has 0 aliphatic carbocycles. The van der Waals surface area contributed by atoms with Crippen molar-refractivity contribution in [1.82, 2.24) is 5.32 Å². The fourth-order valence-electron chi connectivity index (χ4n) is 1.08. The third kappa shape index (κ3) is 5.38. The monoisotopic (exact) mass is 253 g/mol. The molecule has 0 aromatic carbocycles. The Balaban J connectivity index is 2.42. The van der Waals surface area contributed by atoms with Crippen LogP contribution in [-0.4, -0.2) is 23.9 Å². The molecule has 0 radical (unpaired) electrons. The summed E-state index contributed by atoms with van der Waals surface area (Å²) in [7, 11) is 0. The Morgan fingerprint density at radius 1 is 1.59 bits per heavy atom. The first kappa shape index (κ1) is 13.6. The molecule has 4 nitrogen and oxygen atoms in total. The van der Waals surface area contributed by atoms with E-state index in [4.69, 9.17) is 9.84 Å². The molecule has 0 saturated heterocycles. The predicted molar refractivity (Wildman–Crippen MR) is 66.7 cm³/mol. The second-order valence-corrected chi connectivity index (χ2v) is 4.70. The molecule has 1 heterocycles. The Kier molecular flexibility index (Phi) is 5.53. The molecule has 2 N–H and O–H groups in total. The van der Waals surface area contributed by atoms with Crippen molar-refractivity contribution in [3.8, 4) is 11.8 Å². The number of thiophene rings is 1. The Bertz CT molecular complexity index is 428. The maximum absolute atomic E-state index is 11.2. The summed E-state index contributed by atoms with van der Waals surface area (Å²) in [6.45, 7) is 3.88. The fraction of sp³-hybridized carbons (Fsp3) is 0.417. The molecule has 0 fully saturated rings. The third-order valence-electron chi connectivity index (χ3n) is 1.70. The molecular formula is C12H15NO3S. The number of aliphatic hydroxyl groups is 1. The van der Waals surface area contributed by atoms with Gasteiger partial charge < -0.3 is 15.2 Å². The molecule has 5 heteroatoms. The number of hydrogen-bond acceptors (Lipinski definition) is 4. The first-order chi connectivity index (χ1) is 8.11. The number of alkyl carbamates (subject to hydrolysis) is 1. The van der Waals surface area contributed by atoms with E-state index in [0.717, 1.165) is 9.75 Å². The molecule has 0 spiro atoms. The Hall–Kier alpha value is -1.51. The number of carbonyl (C=O) groups excluding carboxylic acids is 1. The van der Waals surface area contributed by atoms with Gasteiger partial charge in [-0.2, -0.15) is 0 Å². The molecule has 17 heavy (non-hydrogen) atoms. The van der Waals surface area contributed by atoms with E-state index in [1.54, 1.807) is 13.8 Å². The number of rotatable bonds is 3. The highest BCUT2D eigenvalue weighted by atomic mass is 32.1. The Labute approximate surface area is 105 Å². The van der Waals surface area contributed by atoms with Gasteiger partial charge in [-0.15, -0.1) is 11.3 Å². The summed E-state index contributed by atoms with van der Waals surface area (Å²) in [5, 5.41) is 11.2. The van der Waals surface area contributed by atoms with Crippen LogP contribution in [0.25, 0.3) is 0 Å². The molecule has 92 valence electrons. The maximum Gasteiger partial charge on any atom is 0.407 e. The van der Waals surface area contributed by atoms with Gasteiger partial charge in [-0.05, 0) is 26.0 Å². The molecule has 0 aliphatic heterocycles. The van der Waals surface area contributed by atoms with Gasteiger partial charge in [0, 0.05) is 4.88 Å². The van der Waals surface area contributed by atoms with Gasteiger partial charge in [-0.1, -0.05) is 11.8 Å². The van der Waals surface area contributed by atoms with Crippen molar-refractivity contribution < 1.29 is 14.6 Å². The fourth-order valence-corrected chi connectivity index (χ4v) is 1.90. The highest BCUT2D eigenvalue weighted by Crippen LogP contribution is 2.14. The quantitative estimate of drug-likeness (QED) is 0.806. The van der Waals surface area contributed by atoms with Crippen LogP contribution in [-0.2, 0) is 11.3 Å². The number of ether oxygens (including phenoxy) is 1. The number of hydrogen-bond donors (Lipinski definition) is 2. The van der Waals surface area contributed by atoms with Crippen LogP contribution in [0.3, 0.4) is 0 Å². The van der Waals surface area contributed by atoms with E-state index in [-0.39, 0.29) is 12.7 Å². The number of carbonyl (C=O) groups is 1. The lowest BCUT2D eigenvalue weighted by Gasteiger charge is -2.08. The van der Waals surface area contributed by atoms with Gasteiger partial charge in [-0.3, -0.25) is 0 Å². The lowest BCUT2D eigenvalue weighted by molar-refractivity contribution is 0.115. The lowest BCUT2D eigenvalue weighted by atomic mass is 10.4. The third-order valence-corrected chi connectivity index (χ3v) is 2.70. The normalized spacial score (nSPS) is 9.65. The van der Waals surface area contributed by atoms with Crippen LogP contribution in [0.1, 0.15) is 23.6 Å². The standard InChI is InChI=1S/C12H15NO3S/c1-9(2)16-12(15)13-8-11-6-5-10(17-11)4-3-7-14/h5-6,9,14H,7-8H2,1-2H3,(H,13,15). The SMILES string of the molecule is CC(C)OC(=O)NCc1ccc(C#CCO)s1. The van der Waals surface area contributed by atoms with E-state index in [9.17, 15) is 4.79 Å². The molecule has 0 unspecified atom stereocenters. The van der Waals surface area contributed by atoms with Crippen LogP contribution >= 0.6 is 11.3 Å². The van der Waals surface area contributed by atoms with Crippen LogP contribution < -0.4 is 5.32 Å². The van der Waals surface area contributed by atoms with E-state index in [2.05, 4.69) is 17.2 Å². The predicted octanol–water partition coefficient (Wildman–Crippen LogP) is 1.73. The molecule has 0 bridgehead atoms.